The molecule has 1 fully saturated rings. The van der Waals surface area contributed by atoms with Crippen LogP contribution in [0.1, 0.15) is 37.3 Å². The quantitative estimate of drug-likeness (QED) is 0.807. The van der Waals surface area contributed by atoms with E-state index in [2.05, 4.69) is 5.32 Å². The van der Waals surface area contributed by atoms with E-state index in [-0.39, 0.29) is 6.10 Å². The van der Waals surface area contributed by atoms with Crippen LogP contribution in [-0.4, -0.2) is 19.1 Å². The lowest BCUT2D eigenvalue weighted by Gasteiger charge is -2.20. The molecule has 1 atom stereocenters. The molecule has 1 aliphatic rings. The number of carbonyl (C=O) groups excluding carboxylic acids is 1. The molecule has 0 spiro atoms. The van der Waals surface area contributed by atoms with Crippen LogP contribution in [0.3, 0.4) is 0 Å². The molecule has 5 nitrogen and oxygen atoms in total. The van der Waals surface area contributed by atoms with Crippen LogP contribution < -0.4 is 20.5 Å². The van der Waals surface area contributed by atoms with Crippen molar-refractivity contribution < 1.29 is 14.3 Å². The SMILES string of the molecule is COc1ccc(N[C@@H](C(N)=O)c2ccccc2)cc1OC1CCCC1. The summed E-state index contributed by atoms with van der Waals surface area (Å²) in [4.78, 5) is 11.9. The molecular formula is C20H24N2O3. The van der Waals surface area contributed by atoms with E-state index in [1.165, 1.54) is 12.8 Å². The Morgan fingerprint density at radius 3 is 2.48 bits per heavy atom. The third-order valence-electron chi connectivity index (χ3n) is 4.49. The fraction of sp³-hybridized carbons (Fsp3) is 0.350. The maximum Gasteiger partial charge on any atom is 0.244 e. The molecule has 2 aromatic carbocycles. The lowest BCUT2D eigenvalue weighted by molar-refractivity contribution is -0.118. The maximum atomic E-state index is 11.9. The van der Waals surface area contributed by atoms with Gasteiger partial charge in [0.2, 0.25) is 5.91 Å². The number of benzene rings is 2. The number of hydrogen-bond donors (Lipinski definition) is 2. The predicted molar refractivity (Wildman–Crippen MR) is 97.9 cm³/mol. The van der Waals surface area contributed by atoms with Crippen molar-refractivity contribution >= 4 is 11.6 Å². The number of methoxy groups -OCH3 is 1. The summed E-state index contributed by atoms with van der Waals surface area (Å²) in [5, 5.41) is 3.20. The zero-order valence-electron chi connectivity index (χ0n) is 14.4. The molecule has 0 radical (unpaired) electrons. The maximum absolute atomic E-state index is 11.9. The zero-order valence-corrected chi connectivity index (χ0v) is 14.4. The Bertz CT molecular complexity index is 712. The highest BCUT2D eigenvalue weighted by molar-refractivity contribution is 5.84. The number of rotatable bonds is 7. The summed E-state index contributed by atoms with van der Waals surface area (Å²) in [7, 11) is 1.63. The number of amides is 1. The highest BCUT2D eigenvalue weighted by atomic mass is 16.5. The number of anilines is 1. The molecule has 3 N–H and O–H groups in total. The first-order valence-electron chi connectivity index (χ1n) is 8.63. The van der Waals surface area contributed by atoms with Crippen molar-refractivity contribution in [2.45, 2.75) is 37.8 Å². The van der Waals surface area contributed by atoms with Gasteiger partial charge in [-0.2, -0.15) is 0 Å². The van der Waals surface area contributed by atoms with Gasteiger partial charge in [0.25, 0.3) is 0 Å². The van der Waals surface area contributed by atoms with Gasteiger partial charge < -0.3 is 20.5 Å². The summed E-state index contributed by atoms with van der Waals surface area (Å²) in [6, 6.07) is 14.4. The van der Waals surface area contributed by atoms with E-state index in [4.69, 9.17) is 15.2 Å². The second kappa shape index (κ2) is 7.92. The largest absolute Gasteiger partial charge is 0.493 e. The van der Waals surface area contributed by atoms with Crippen molar-refractivity contribution in [3.63, 3.8) is 0 Å². The second-order valence-corrected chi connectivity index (χ2v) is 6.28. The Kier molecular flexibility index (Phi) is 5.43. The number of ether oxygens (including phenoxy) is 2. The molecule has 25 heavy (non-hydrogen) atoms. The third-order valence-corrected chi connectivity index (χ3v) is 4.49. The van der Waals surface area contributed by atoms with Gasteiger partial charge in [-0.25, -0.2) is 0 Å². The number of nitrogens with one attached hydrogen (secondary N) is 1. The molecule has 3 rings (SSSR count). The highest BCUT2D eigenvalue weighted by Crippen LogP contribution is 2.34. The first-order valence-corrected chi connectivity index (χ1v) is 8.63. The van der Waals surface area contributed by atoms with Crippen LogP contribution in [0.2, 0.25) is 0 Å². The monoisotopic (exact) mass is 340 g/mol. The van der Waals surface area contributed by atoms with Crippen molar-refractivity contribution in [2.75, 3.05) is 12.4 Å². The predicted octanol–water partition coefficient (Wildman–Crippen LogP) is 3.66. The molecule has 2 aromatic rings. The van der Waals surface area contributed by atoms with E-state index in [9.17, 15) is 4.79 Å². The third kappa shape index (κ3) is 4.24. The van der Waals surface area contributed by atoms with Crippen molar-refractivity contribution in [1.82, 2.24) is 0 Å². The zero-order chi connectivity index (χ0) is 17.6. The molecule has 0 saturated heterocycles. The van der Waals surface area contributed by atoms with Crippen LogP contribution in [0.15, 0.2) is 48.5 Å². The summed E-state index contributed by atoms with van der Waals surface area (Å²) < 4.78 is 11.5. The van der Waals surface area contributed by atoms with Gasteiger partial charge in [-0.1, -0.05) is 30.3 Å². The lowest BCUT2D eigenvalue weighted by Crippen LogP contribution is -2.27. The van der Waals surface area contributed by atoms with Gasteiger partial charge in [0.15, 0.2) is 11.5 Å². The van der Waals surface area contributed by atoms with Crippen LogP contribution in [-0.2, 0) is 4.79 Å². The van der Waals surface area contributed by atoms with E-state index in [1.807, 2.05) is 48.5 Å². The minimum absolute atomic E-state index is 0.227. The van der Waals surface area contributed by atoms with Gasteiger partial charge in [0.05, 0.1) is 13.2 Å². The van der Waals surface area contributed by atoms with Crippen molar-refractivity contribution in [3.8, 4) is 11.5 Å². The van der Waals surface area contributed by atoms with Crippen molar-refractivity contribution in [2.24, 2.45) is 5.73 Å². The molecule has 5 heteroatoms. The summed E-state index contributed by atoms with van der Waals surface area (Å²) in [5.41, 5.74) is 7.17. The first-order chi connectivity index (χ1) is 12.2. The molecule has 1 saturated carbocycles. The summed E-state index contributed by atoms with van der Waals surface area (Å²) in [6.45, 7) is 0. The molecule has 1 aliphatic carbocycles. The van der Waals surface area contributed by atoms with Gasteiger partial charge in [0.1, 0.15) is 6.04 Å². The fourth-order valence-electron chi connectivity index (χ4n) is 3.18. The van der Waals surface area contributed by atoms with E-state index in [0.717, 1.165) is 24.1 Å². The lowest BCUT2D eigenvalue weighted by atomic mass is 10.1. The average Bonchev–Trinajstić information content (AvgIpc) is 3.13. The molecule has 0 heterocycles. The Morgan fingerprint density at radius 2 is 1.84 bits per heavy atom. The van der Waals surface area contributed by atoms with E-state index in [1.54, 1.807) is 7.11 Å². The topological polar surface area (TPSA) is 73.6 Å². The molecule has 0 bridgehead atoms. The summed E-state index contributed by atoms with van der Waals surface area (Å²) in [5.74, 6) is 0.948. The Hall–Kier alpha value is -2.69. The van der Waals surface area contributed by atoms with Crippen LogP contribution >= 0.6 is 0 Å². The minimum atomic E-state index is -0.603. The minimum Gasteiger partial charge on any atom is -0.493 e. The van der Waals surface area contributed by atoms with E-state index < -0.39 is 11.9 Å². The second-order valence-electron chi connectivity index (χ2n) is 6.28. The van der Waals surface area contributed by atoms with Crippen molar-refractivity contribution in [1.29, 1.82) is 0 Å². The van der Waals surface area contributed by atoms with E-state index in [0.29, 0.717) is 11.5 Å². The average molecular weight is 340 g/mol. The molecule has 0 unspecified atom stereocenters. The molecular weight excluding hydrogens is 316 g/mol. The van der Waals surface area contributed by atoms with Gasteiger partial charge in [-0.05, 0) is 43.4 Å². The molecule has 132 valence electrons. The van der Waals surface area contributed by atoms with Crippen LogP contribution in [0.25, 0.3) is 0 Å². The van der Waals surface area contributed by atoms with Crippen LogP contribution in [0, 0.1) is 0 Å². The normalized spacial score (nSPS) is 15.6. The highest BCUT2D eigenvalue weighted by Gasteiger charge is 2.21. The fourth-order valence-corrected chi connectivity index (χ4v) is 3.18. The molecule has 1 amide bonds. The summed E-state index contributed by atoms with van der Waals surface area (Å²) in [6.07, 6.45) is 4.75. The van der Waals surface area contributed by atoms with Gasteiger partial charge >= 0.3 is 0 Å². The number of hydrogen-bond acceptors (Lipinski definition) is 4. The summed E-state index contributed by atoms with van der Waals surface area (Å²) >= 11 is 0. The number of carbonyl (C=O) groups is 1. The van der Waals surface area contributed by atoms with Crippen LogP contribution in [0.5, 0.6) is 11.5 Å². The van der Waals surface area contributed by atoms with E-state index >= 15 is 0 Å². The van der Waals surface area contributed by atoms with Crippen molar-refractivity contribution in [3.05, 3.63) is 54.1 Å². The van der Waals surface area contributed by atoms with Gasteiger partial charge in [-0.15, -0.1) is 0 Å². The number of primary amides is 1. The Morgan fingerprint density at radius 1 is 1.12 bits per heavy atom. The Labute approximate surface area is 148 Å². The number of nitrogens with two attached hydrogens (primary N) is 1. The molecule has 0 aromatic heterocycles. The molecule has 0 aliphatic heterocycles. The van der Waals surface area contributed by atoms with Crippen LogP contribution in [0.4, 0.5) is 5.69 Å². The standard InChI is InChI=1S/C20H24N2O3/c1-24-17-12-11-15(13-18(17)25-16-9-5-6-10-16)22-19(20(21)23)14-7-3-2-4-8-14/h2-4,7-8,11-13,16,19,22H,5-6,9-10H2,1H3,(H2,21,23)/t19-/m1/s1. The van der Waals surface area contributed by atoms with Gasteiger partial charge in [0, 0.05) is 11.8 Å². The Balaban J connectivity index is 1.82. The smallest absolute Gasteiger partial charge is 0.244 e. The first kappa shape index (κ1) is 17.1. The van der Waals surface area contributed by atoms with Gasteiger partial charge in [-0.3, -0.25) is 4.79 Å².